The van der Waals surface area contributed by atoms with Crippen LogP contribution in [0, 0.1) is 0 Å². The van der Waals surface area contributed by atoms with Crippen LogP contribution in [0.3, 0.4) is 0 Å². The Bertz CT molecular complexity index is 1230. The van der Waals surface area contributed by atoms with Crippen LogP contribution in [-0.4, -0.2) is 20.6 Å². The molecule has 2 aliphatic rings. The third-order valence-corrected chi connectivity index (χ3v) is 5.81. The van der Waals surface area contributed by atoms with Crippen LogP contribution in [0.5, 0.6) is 0 Å². The van der Waals surface area contributed by atoms with E-state index < -0.39 is 11.6 Å². The van der Waals surface area contributed by atoms with Crippen LogP contribution in [0.25, 0.3) is 22.3 Å². The predicted molar refractivity (Wildman–Crippen MR) is 102 cm³/mol. The SMILES string of the molecule is CC[C@@]1(O)C(=O)OCc2c1cc1n(c2=O)Cc2cc3cc(CN)ccc3nc2-1. The van der Waals surface area contributed by atoms with Gasteiger partial charge >= 0.3 is 5.97 Å². The summed E-state index contributed by atoms with van der Waals surface area (Å²) in [5.74, 6) is -0.717. The van der Waals surface area contributed by atoms with E-state index in [4.69, 9.17) is 15.5 Å². The minimum absolute atomic E-state index is 0.124. The molecule has 0 bridgehead atoms. The van der Waals surface area contributed by atoms with Crippen molar-refractivity contribution in [1.82, 2.24) is 9.55 Å². The van der Waals surface area contributed by atoms with E-state index >= 15 is 0 Å². The second-order valence-corrected chi connectivity index (χ2v) is 7.33. The van der Waals surface area contributed by atoms with Gasteiger partial charge in [-0.05, 0) is 36.2 Å². The average Bonchev–Trinajstić information content (AvgIpc) is 3.07. The third kappa shape index (κ3) is 2.14. The van der Waals surface area contributed by atoms with Gasteiger partial charge in [-0.3, -0.25) is 4.79 Å². The first kappa shape index (κ1) is 17.1. The fourth-order valence-electron chi connectivity index (χ4n) is 4.16. The molecule has 28 heavy (non-hydrogen) atoms. The van der Waals surface area contributed by atoms with Crippen molar-refractivity contribution in [3.8, 4) is 11.4 Å². The fraction of sp³-hybridized carbons (Fsp3) is 0.286. The molecule has 5 rings (SSSR count). The van der Waals surface area contributed by atoms with Crippen molar-refractivity contribution < 1.29 is 14.6 Å². The van der Waals surface area contributed by atoms with Gasteiger partial charge in [0.05, 0.1) is 29.0 Å². The summed E-state index contributed by atoms with van der Waals surface area (Å²) in [5.41, 5.74) is 8.39. The summed E-state index contributed by atoms with van der Waals surface area (Å²) in [6.07, 6.45) is 0.127. The van der Waals surface area contributed by atoms with Crippen LogP contribution >= 0.6 is 0 Å². The molecular formula is C21H19N3O4. The van der Waals surface area contributed by atoms with Crippen LogP contribution in [0.2, 0.25) is 0 Å². The molecule has 1 aromatic carbocycles. The number of aromatic nitrogens is 2. The molecule has 2 aliphatic heterocycles. The van der Waals surface area contributed by atoms with Crippen molar-refractivity contribution >= 4 is 16.9 Å². The molecule has 1 atom stereocenters. The first-order chi connectivity index (χ1) is 13.5. The lowest BCUT2D eigenvalue weighted by Crippen LogP contribution is -2.44. The molecule has 4 heterocycles. The maximum atomic E-state index is 13.1. The van der Waals surface area contributed by atoms with Crippen molar-refractivity contribution in [2.24, 2.45) is 5.73 Å². The minimum atomic E-state index is -1.81. The maximum Gasteiger partial charge on any atom is 0.343 e. The van der Waals surface area contributed by atoms with E-state index in [1.807, 2.05) is 24.3 Å². The molecule has 0 aliphatic carbocycles. The summed E-state index contributed by atoms with van der Waals surface area (Å²) in [5, 5.41) is 11.8. The van der Waals surface area contributed by atoms with Crippen molar-refractivity contribution in [2.45, 2.75) is 38.6 Å². The number of carbonyl (C=O) groups is 1. The number of cyclic esters (lactones) is 1. The lowest BCUT2D eigenvalue weighted by atomic mass is 9.86. The second-order valence-electron chi connectivity index (χ2n) is 7.33. The summed E-state index contributed by atoms with van der Waals surface area (Å²) in [4.78, 5) is 30.0. The van der Waals surface area contributed by atoms with Gasteiger partial charge in [0.1, 0.15) is 6.61 Å². The van der Waals surface area contributed by atoms with Crippen molar-refractivity contribution in [2.75, 3.05) is 0 Å². The molecule has 7 nitrogen and oxygen atoms in total. The predicted octanol–water partition coefficient (Wildman–Crippen LogP) is 1.54. The number of fused-ring (bicyclic) bond motifs is 5. The van der Waals surface area contributed by atoms with Gasteiger partial charge < -0.3 is 20.1 Å². The zero-order valence-corrected chi connectivity index (χ0v) is 15.4. The summed E-state index contributed by atoms with van der Waals surface area (Å²) >= 11 is 0. The highest BCUT2D eigenvalue weighted by Gasteiger charge is 2.45. The van der Waals surface area contributed by atoms with Gasteiger partial charge in [-0.25, -0.2) is 9.78 Å². The van der Waals surface area contributed by atoms with Gasteiger partial charge in [0.25, 0.3) is 5.56 Å². The standard InChI is InChI=1S/C21H19N3O4/c1-2-21(27)15-7-17-18-13(6-12-5-11(8-22)3-4-16(12)23-18)9-24(17)19(25)14(15)10-28-20(21)26/h3-7,27H,2,8-10,22H2,1H3/t21-/m0/s1. The van der Waals surface area contributed by atoms with Gasteiger partial charge in [0.2, 0.25) is 0 Å². The Balaban J connectivity index is 1.76. The molecule has 0 unspecified atom stereocenters. The first-order valence-corrected chi connectivity index (χ1v) is 9.26. The quantitative estimate of drug-likeness (QED) is 0.513. The number of benzene rings is 1. The van der Waals surface area contributed by atoms with Crippen LogP contribution in [-0.2, 0) is 34.8 Å². The average molecular weight is 377 g/mol. The smallest absolute Gasteiger partial charge is 0.343 e. The molecule has 3 aromatic rings. The van der Waals surface area contributed by atoms with Gasteiger partial charge in [-0.1, -0.05) is 13.0 Å². The number of pyridine rings is 2. The summed E-state index contributed by atoms with van der Waals surface area (Å²) in [6.45, 7) is 2.41. The number of nitrogens with zero attached hydrogens (tertiary/aromatic N) is 2. The first-order valence-electron chi connectivity index (χ1n) is 9.26. The molecule has 3 N–H and O–H groups in total. The lowest BCUT2D eigenvalue weighted by Gasteiger charge is -2.31. The van der Waals surface area contributed by atoms with E-state index in [-0.39, 0.29) is 18.6 Å². The molecule has 142 valence electrons. The van der Waals surface area contributed by atoms with Gasteiger partial charge in [-0.2, -0.15) is 0 Å². The number of hydrogen-bond donors (Lipinski definition) is 2. The van der Waals surface area contributed by atoms with Crippen molar-refractivity contribution in [3.05, 3.63) is 62.9 Å². The number of carbonyl (C=O) groups excluding carboxylic acids is 1. The normalized spacial score (nSPS) is 19.9. The number of aliphatic hydroxyl groups is 1. The van der Waals surface area contributed by atoms with Crippen LogP contribution in [0.4, 0.5) is 0 Å². The Morgan fingerprint density at radius 1 is 1.29 bits per heavy atom. The highest BCUT2D eigenvalue weighted by atomic mass is 16.6. The number of ether oxygens (including phenoxy) is 1. The van der Waals surface area contributed by atoms with E-state index in [9.17, 15) is 14.7 Å². The molecular weight excluding hydrogens is 358 g/mol. The fourth-order valence-corrected chi connectivity index (χ4v) is 4.16. The number of rotatable bonds is 2. The van der Waals surface area contributed by atoms with Gasteiger partial charge in [0, 0.05) is 23.1 Å². The van der Waals surface area contributed by atoms with E-state index in [0.29, 0.717) is 35.6 Å². The largest absolute Gasteiger partial charge is 0.458 e. The highest BCUT2D eigenvalue weighted by molar-refractivity contribution is 5.86. The summed E-state index contributed by atoms with van der Waals surface area (Å²) in [6, 6.07) is 9.59. The molecule has 0 fully saturated rings. The highest BCUT2D eigenvalue weighted by Crippen LogP contribution is 2.38. The molecule has 7 heteroatoms. The lowest BCUT2D eigenvalue weighted by molar-refractivity contribution is -0.172. The zero-order valence-electron chi connectivity index (χ0n) is 15.4. The molecule has 0 radical (unpaired) electrons. The summed E-state index contributed by atoms with van der Waals surface area (Å²) in [7, 11) is 0. The molecule has 0 amide bonds. The molecule has 0 spiro atoms. The van der Waals surface area contributed by atoms with Crippen LogP contribution < -0.4 is 11.3 Å². The molecule has 2 aromatic heterocycles. The van der Waals surface area contributed by atoms with Crippen molar-refractivity contribution in [1.29, 1.82) is 0 Å². The van der Waals surface area contributed by atoms with Gasteiger partial charge in [-0.15, -0.1) is 0 Å². The Morgan fingerprint density at radius 2 is 2.11 bits per heavy atom. The van der Waals surface area contributed by atoms with Gasteiger partial charge in [0.15, 0.2) is 5.60 Å². The number of nitrogens with two attached hydrogens (primary N) is 1. The van der Waals surface area contributed by atoms with Crippen LogP contribution in [0.15, 0.2) is 35.1 Å². The Labute approximate surface area is 160 Å². The van der Waals surface area contributed by atoms with E-state index in [1.165, 1.54) is 0 Å². The maximum absolute atomic E-state index is 13.1. The molecule has 0 saturated carbocycles. The Morgan fingerprint density at radius 3 is 2.86 bits per heavy atom. The van der Waals surface area contributed by atoms with E-state index in [2.05, 4.69) is 0 Å². The minimum Gasteiger partial charge on any atom is -0.458 e. The topological polar surface area (TPSA) is 107 Å². The number of esters is 1. The van der Waals surface area contributed by atoms with E-state index in [1.54, 1.807) is 17.6 Å². The monoisotopic (exact) mass is 377 g/mol. The number of hydrogen-bond acceptors (Lipinski definition) is 6. The second kappa shape index (κ2) is 5.73. The van der Waals surface area contributed by atoms with Crippen LogP contribution in [0.1, 0.15) is 35.6 Å². The van der Waals surface area contributed by atoms with E-state index in [0.717, 1.165) is 22.0 Å². The Kier molecular flexibility index (Phi) is 3.50. The van der Waals surface area contributed by atoms with Crippen molar-refractivity contribution in [3.63, 3.8) is 0 Å². The third-order valence-electron chi connectivity index (χ3n) is 5.81. The zero-order chi connectivity index (χ0) is 19.6. The Hall–Kier alpha value is -3.03. The summed E-state index contributed by atoms with van der Waals surface area (Å²) < 4.78 is 6.72. The molecule has 0 saturated heterocycles.